The van der Waals surface area contributed by atoms with E-state index in [4.69, 9.17) is 10.1 Å². The number of aliphatic hydroxyl groups is 1. The normalized spacial score (nSPS) is 11.8. The molecule has 0 saturated heterocycles. The molecule has 1 aromatic carbocycles. The lowest BCUT2D eigenvalue weighted by Crippen LogP contribution is -2.35. The molecule has 3 aromatic rings. The van der Waals surface area contributed by atoms with Gasteiger partial charge in [0.05, 0.1) is 24.9 Å². The molecule has 0 radical (unpaired) electrons. The third-order valence-corrected chi connectivity index (χ3v) is 4.59. The number of aromatic nitrogens is 3. The second-order valence-corrected chi connectivity index (χ2v) is 7.53. The van der Waals surface area contributed by atoms with Gasteiger partial charge in [0.1, 0.15) is 11.3 Å². The van der Waals surface area contributed by atoms with Gasteiger partial charge in [-0.1, -0.05) is 6.07 Å². The first kappa shape index (κ1) is 22.0. The molecule has 0 bridgehead atoms. The Hall–Kier alpha value is -3.72. The van der Waals surface area contributed by atoms with E-state index in [1.165, 1.54) is 6.21 Å². The van der Waals surface area contributed by atoms with E-state index in [1.54, 1.807) is 32.8 Å². The number of hydrogen-bond acceptors (Lipinski definition) is 9. The first-order valence-electron chi connectivity index (χ1n) is 9.75. The van der Waals surface area contributed by atoms with E-state index >= 15 is 0 Å². The van der Waals surface area contributed by atoms with Gasteiger partial charge in [-0.05, 0) is 37.6 Å². The monoisotopic (exact) mass is 421 g/mol. The molecule has 2 heterocycles. The topological polar surface area (TPSA) is 128 Å². The number of benzene rings is 1. The lowest BCUT2D eigenvalue weighted by molar-refractivity contribution is 0.234. The predicted octanol–water partition coefficient (Wildman–Crippen LogP) is 3.17. The van der Waals surface area contributed by atoms with Crippen molar-refractivity contribution in [1.29, 1.82) is 5.41 Å². The largest absolute Gasteiger partial charge is 0.495 e. The fourth-order valence-electron chi connectivity index (χ4n) is 2.93. The summed E-state index contributed by atoms with van der Waals surface area (Å²) in [6.07, 6.45) is 6.42. The summed E-state index contributed by atoms with van der Waals surface area (Å²) in [6.45, 7) is 3.71. The van der Waals surface area contributed by atoms with Gasteiger partial charge >= 0.3 is 0 Å². The number of rotatable bonds is 9. The first-order valence-corrected chi connectivity index (χ1v) is 9.75. The average molecular weight is 422 g/mol. The van der Waals surface area contributed by atoms with Crippen molar-refractivity contribution in [2.75, 3.05) is 31.4 Å². The molecular formula is C22H27N7O2. The maximum Gasteiger partial charge on any atom is 0.227 e. The molecule has 0 amide bonds. The quantitative estimate of drug-likeness (QED) is 0.333. The van der Waals surface area contributed by atoms with Crippen LogP contribution >= 0.6 is 0 Å². The van der Waals surface area contributed by atoms with Crippen LogP contribution in [0, 0.1) is 5.41 Å². The van der Waals surface area contributed by atoms with Crippen LogP contribution in [0.1, 0.15) is 19.4 Å². The van der Waals surface area contributed by atoms with Crippen molar-refractivity contribution in [1.82, 2.24) is 20.3 Å². The Morgan fingerprint density at radius 2 is 2.06 bits per heavy atom. The fourth-order valence-corrected chi connectivity index (χ4v) is 2.93. The van der Waals surface area contributed by atoms with Gasteiger partial charge in [0.15, 0.2) is 5.82 Å². The van der Waals surface area contributed by atoms with Crippen molar-refractivity contribution in [3.63, 3.8) is 0 Å². The molecule has 0 atom stereocenters. The van der Waals surface area contributed by atoms with Crippen LogP contribution in [-0.4, -0.2) is 52.6 Å². The van der Waals surface area contributed by atoms with Crippen molar-refractivity contribution in [3.05, 3.63) is 48.4 Å². The molecule has 0 spiro atoms. The van der Waals surface area contributed by atoms with Gasteiger partial charge in [-0.3, -0.25) is 0 Å². The summed E-state index contributed by atoms with van der Waals surface area (Å²) in [5.41, 5.74) is 2.34. The van der Waals surface area contributed by atoms with Gasteiger partial charge in [0.25, 0.3) is 0 Å². The van der Waals surface area contributed by atoms with Crippen LogP contribution in [0.25, 0.3) is 16.5 Å². The number of methoxy groups -OCH3 is 1. The van der Waals surface area contributed by atoms with Crippen LogP contribution in [0.4, 0.5) is 17.5 Å². The molecule has 0 unspecified atom stereocenters. The average Bonchev–Trinajstić information content (AvgIpc) is 2.78. The number of aliphatic hydroxyl groups excluding tert-OH is 1. The number of pyridine rings is 1. The number of nitrogens with one attached hydrogen (secondary N) is 4. The number of ether oxygens (including phenoxy) is 1. The number of hydrogen-bond donors (Lipinski definition) is 5. The summed E-state index contributed by atoms with van der Waals surface area (Å²) < 4.78 is 5.53. The van der Waals surface area contributed by atoms with Crippen molar-refractivity contribution in [3.8, 4) is 5.75 Å². The third-order valence-electron chi connectivity index (χ3n) is 4.59. The Balaban J connectivity index is 1.96. The molecular weight excluding hydrogens is 394 g/mol. The van der Waals surface area contributed by atoms with Crippen molar-refractivity contribution >= 4 is 40.1 Å². The van der Waals surface area contributed by atoms with Gasteiger partial charge in [-0.2, -0.15) is 0 Å². The third kappa shape index (κ3) is 5.07. The van der Waals surface area contributed by atoms with Crippen LogP contribution in [0.2, 0.25) is 0 Å². The minimum absolute atomic E-state index is 0.0511. The summed E-state index contributed by atoms with van der Waals surface area (Å²) in [5.74, 6) is 1.54. The maximum absolute atomic E-state index is 9.58. The predicted molar refractivity (Wildman–Crippen MR) is 124 cm³/mol. The molecule has 31 heavy (non-hydrogen) atoms. The van der Waals surface area contributed by atoms with Crippen LogP contribution in [-0.2, 0) is 0 Å². The van der Waals surface area contributed by atoms with E-state index in [0.29, 0.717) is 28.7 Å². The van der Waals surface area contributed by atoms with Crippen LogP contribution in [0.5, 0.6) is 5.75 Å². The van der Waals surface area contributed by atoms with Crippen molar-refractivity contribution < 1.29 is 9.84 Å². The highest BCUT2D eigenvalue weighted by atomic mass is 16.5. The minimum Gasteiger partial charge on any atom is -0.495 e. The summed E-state index contributed by atoms with van der Waals surface area (Å²) in [4.78, 5) is 13.4. The highest BCUT2D eigenvalue weighted by Gasteiger charge is 2.19. The number of nitrogens with zero attached hydrogens (tertiary/aromatic N) is 3. The van der Waals surface area contributed by atoms with E-state index < -0.39 is 5.54 Å². The highest BCUT2D eigenvalue weighted by Crippen LogP contribution is 2.31. The molecule has 0 fully saturated rings. The van der Waals surface area contributed by atoms with Crippen molar-refractivity contribution in [2.45, 2.75) is 19.4 Å². The van der Waals surface area contributed by atoms with E-state index in [1.807, 2.05) is 38.1 Å². The Kier molecular flexibility index (Phi) is 6.66. The number of allylic oxidation sites excluding steroid dienone is 1. The zero-order chi connectivity index (χ0) is 22.4. The molecule has 0 aliphatic rings. The zero-order valence-corrected chi connectivity index (χ0v) is 18.0. The summed E-state index contributed by atoms with van der Waals surface area (Å²) in [6, 6.07) is 7.42. The summed E-state index contributed by atoms with van der Waals surface area (Å²) in [5, 5.41) is 27.4. The highest BCUT2D eigenvalue weighted by molar-refractivity contribution is 6.08. The molecule has 0 aliphatic carbocycles. The van der Waals surface area contributed by atoms with Crippen LogP contribution in [0.3, 0.4) is 0 Å². The molecule has 9 nitrogen and oxygen atoms in total. The Bertz CT molecular complexity index is 1110. The molecule has 9 heteroatoms. The van der Waals surface area contributed by atoms with Gasteiger partial charge < -0.3 is 31.2 Å². The first-order chi connectivity index (χ1) is 14.9. The molecule has 3 rings (SSSR count). The van der Waals surface area contributed by atoms with E-state index in [2.05, 4.69) is 30.9 Å². The SMILES string of the molecule is CN/C=C(\C=N)c1ccc(Nc2ncc3ccnc(NC(C)(C)CO)c3n2)c(OC)c1. The van der Waals surface area contributed by atoms with E-state index in [9.17, 15) is 5.11 Å². The number of anilines is 3. The van der Waals surface area contributed by atoms with Gasteiger partial charge in [0.2, 0.25) is 5.95 Å². The lowest BCUT2D eigenvalue weighted by atomic mass is 10.1. The zero-order valence-electron chi connectivity index (χ0n) is 18.0. The molecule has 2 aromatic heterocycles. The molecule has 0 aliphatic heterocycles. The fraction of sp³-hybridized carbons (Fsp3) is 0.273. The van der Waals surface area contributed by atoms with Crippen molar-refractivity contribution in [2.24, 2.45) is 0 Å². The Morgan fingerprint density at radius 1 is 1.26 bits per heavy atom. The van der Waals surface area contributed by atoms with Gasteiger partial charge in [-0.25, -0.2) is 15.0 Å². The van der Waals surface area contributed by atoms with E-state index in [-0.39, 0.29) is 6.61 Å². The second-order valence-electron chi connectivity index (χ2n) is 7.53. The number of fused-ring (bicyclic) bond motifs is 1. The van der Waals surface area contributed by atoms with E-state index in [0.717, 1.165) is 16.5 Å². The lowest BCUT2D eigenvalue weighted by Gasteiger charge is -2.24. The molecule has 162 valence electrons. The van der Waals surface area contributed by atoms with Gasteiger partial charge in [-0.15, -0.1) is 0 Å². The van der Waals surface area contributed by atoms with Crippen LogP contribution < -0.4 is 20.7 Å². The van der Waals surface area contributed by atoms with Crippen LogP contribution in [0.15, 0.2) is 42.9 Å². The standard InChI is InChI=1S/C22H27N7O2/c1-22(2,13-30)29-20-19-15(7-8-25-20)12-26-21(28-19)27-17-6-5-14(9-18(17)31-4)16(10-23)11-24-3/h5-12,23-24,30H,13H2,1-4H3,(H,25,29)(H,26,27,28)/b16-11+,23-10?. The molecule has 0 saturated carbocycles. The minimum atomic E-state index is -0.549. The Morgan fingerprint density at radius 3 is 2.74 bits per heavy atom. The summed E-state index contributed by atoms with van der Waals surface area (Å²) in [7, 11) is 3.37. The maximum atomic E-state index is 9.58. The smallest absolute Gasteiger partial charge is 0.227 e. The second kappa shape index (κ2) is 9.40. The molecule has 5 N–H and O–H groups in total. The summed E-state index contributed by atoms with van der Waals surface area (Å²) >= 11 is 0. The van der Waals surface area contributed by atoms with Gasteiger partial charge in [0, 0.05) is 42.8 Å². The Labute approximate surface area is 181 Å².